The third-order valence-electron chi connectivity index (χ3n) is 23.4. The highest BCUT2D eigenvalue weighted by Crippen LogP contribution is 2.57. The molecule has 0 radical (unpaired) electrons. The lowest BCUT2D eigenvalue weighted by molar-refractivity contribution is -0.247. The van der Waals surface area contributed by atoms with Crippen LogP contribution in [-0.2, 0) is 62.1 Å². The van der Waals surface area contributed by atoms with E-state index in [0.717, 1.165) is 0 Å². The summed E-state index contributed by atoms with van der Waals surface area (Å²) in [4.78, 5) is 119. The van der Waals surface area contributed by atoms with Crippen molar-refractivity contribution in [1.29, 1.82) is 0 Å². The van der Waals surface area contributed by atoms with Gasteiger partial charge in [-0.15, -0.1) is 0 Å². The maximum absolute atomic E-state index is 13.6. The number of fused-ring (bicyclic) bond motifs is 9. The number of nitrogens with two attached hydrogens (primary N) is 3. The molecule has 15 rings (SSSR count). The average molecular weight is 1610 g/mol. The number of phenols is 6. The lowest BCUT2D eigenvalue weighted by Crippen LogP contribution is -2.53. The van der Waals surface area contributed by atoms with Crippen LogP contribution in [0.2, 0.25) is 0 Å². The van der Waals surface area contributed by atoms with Gasteiger partial charge in [0.15, 0.2) is 53.6 Å². The lowest BCUT2D eigenvalue weighted by Gasteiger charge is -2.42. The van der Waals surface area contributed by atoms with Gasteiger partial charge in [0.25, 0.3) is 0 Å². The van der Waals surface area contributed by atoms with Crippen LogP contribution in [0.15, 0.2) is 54.6 Å². The van der Waals surface area contributed by atoms with Gasteiger partial charge in [-0.05, 0) is 45.9 Å². The quantitative estimate of drug-likeness (QED) is 0.0676. The smallest absolute Gasteiger partial charge is 0.202 e. The van der Waals surface area contributed by atoms with Gasteiger partial charge in [0.05, 0.1) is 126 Å². The Hall–Kier alpha value is -10.1. The molecule has 6 aliphatic carbocycles. The fraction of sp³-hybridized carbons (Fsp3) is 0.444. The van der Waals surface area contributed by atoms with Crippen molar-refractivity contribution in [3.05, 3.63) is 155 Å². The van der Waals surface area contributed by atoms with E-state index >= 15 is 0 Å². The molecule has 0 spiro atoms. The number of methoxy groups -OCH3 is 3. The van der Waals surface area contributed by atoms with E-state index in [9.17, 15) is 115 Å². The normalized spacial score (nSPS) is 30.0. The van der Waals surface area contributed by atoms with Crippen molar-refractivity contribution in [3.63, 3.8) is 0 Å². The van der Waals surface area contributed by atoms with E-state index in [1.165, 1.54) is 82.9 Å². The molecule has 0 unspecified atom stereocenters. The molecule has 35 heteroatoms. The minimum absolute atomic E-state index is 0.0147. The molecule has 0 saturated carbocycles. The maximum atomic E-state index is 13.6. The van der Waals surface area contributed by atoms with Gasteiger partial charge in [0.2, 0.25) is 17.3 Å². The zero-order valence-electron chi connectivity index (χ0n) is 63.5. The fourth-order valence-corrected chi connectivity index (χ4v) is 17.2. The number of hydrogen-bond acceptors (Lipinski definition) is 35. The van der Waals surface area contributed by atoms with Crippen LogP contribution < -0.4 is 31.4 Å². The number of phenolic OH excluding ortho intramolecular Hbond substituents is 6. The van der Waals surface area contributed by atoms with E-state index < -0.39 is 274 Å². The number of aromatic hydroxyl groups is 6. The molecule has 6 aromatic rings. The van der Waals surface area contributed by atoms with Crippen molar-refractivity contribution in [3.8, 4) is 51.7 Å². The van der Waals surface area contributed by atoms with E-state index in [2.05, 4.69) is 0 Å². The molecule has 0 amide bonds. The van der Waals surface area contributed by atoms with Crippen molar-refractivity contribution in [2.24, 2.45) is 17.2 Å². The third kappa shape index (κ3) is 13.8. The summed E-state index contributed by atoms with van der Waals surface area (Å²) in [6.45, 7) is 3.91. The number of rotatable bonds is 14. The van der Waals surface area contributed by atoms with Gasteiger partial charge in [-0.1, -0.05) is 36.4 Å². The van der Waals surface area contributed by atoms with Gasteiger partial charge >= 0.3 is 0 Å². The summed E-state index contributed by atoms with van der Waals surface area (Å²) < 4.78 is 51.0. The summed E-state index contributed by atoms with van der Waals surface area (Å²) >= 11 is 0. The number of hydrogen-bond donors (Lipinski definition) is 17. The molecule has 6 aromatic carbocycles. The van der Waals surface area contributed by atoms with Gasteiger partial charge in [0, 0.05) is 126 Å². The van der Waals surface area contributed by atoms with Crippen molar-refractivity contribution in [2.45, 2.75) is 194 Å². The third-order valence-corrected chi connectivity index (χ3v) is 23.4. The number of aliphatic hydroxyl groups excluding tert-OH is 5. The molecule has 0 aromatic heterocycles. The number of benzene rings is 6. The molecule has 0 bridgehead atoms. The maximum Gasteiger partial charge on any atom is 0.202 e. The zero-order chi connectivity index (χ0) is 84.5. The minimum atomic E-state index is -2.24. The first-order valence-electron chi connectivity index (χ1n) is 37.1. The number of aliphatic hydroxyl groups is 8. The number of carbonyl (C=O) groups is 9. The molecule has 618 valence electrons. The second-order valence-corrected chi connectivity index (χ2v) is 30.5. The van der Waals surface area contributed by atoms with Crippen LogP contribution in [0.4, 0.5) is 0 Å². The van der Waals surface area contributed by atoms with E-state index in [4.69, 9.17) is 59.8 Å². The van der Waals surface area contributed by atoms with Gasteiger partial charge in [-0.3, -0.25) is 43.2 Å². The van der Waals surface area contributed by atoms with Crippen LogP contribution in [0.1, 0.15) is 213 Å². The van der Waals surface area contributed by atoms with Gasteiger partial charge in [-0.2, -0.15) is 0 Å². The lowest BCUT2D eigenvalue weighted by atomic mass is 9.72. The number of Topliss-reactive ketones (excluding diaryl/α,β-unsaturated/α-hetero) is 3. The van der Waals surface area contributed by atoms with Gasteiger partial charge in [0.1, 0.15) is 81.8 Å². The Bertz CT molecular complexity index is 4890. The predicted molar refractivity (Wildman–Crippen MR) is 394 cm³/mol. The number of carbonyl (C=O) groups excluding carboxylic acids is 9. The first-order chi connectivity index (χ1) is 54.7. The summed E-state index contributed by atoms with van der Waals surface area (Å²) in [5.74, 6) is -10.7. The Morgan fingerprint density at radius 1 is 0.405 bits per heavy atom. The molecule has 20 N–H and O–H groups in total. The van der Waals surface area contributed by atoms with Gasteiger partial charge in [-0.25, -0.2) is 0 Å². The molecule has 3 aliphatic heterocycles. The summed E-state index contributed by atoms with van der Waals surface area (Å²) in [6, 6.07) is 11.0. The van der Waals surface area contributed by atoms with Gasteiger partial charge < -0.3 is 131 Å². The van der Waals surface area contributed by atoms with E-state index in [1.807, 2.05) is 0 Å². The molecular weight excluding hydrogens is 1530 g/mol. The number of ether oxygens (including phenoxy) is 9. The standard InChI is InChI=1S/2C27H29NO11.C27H29NO10/c2*1-10-22(31)13(28)6-17(38-10)39-15-8-27(36,16(30)9-29)7-12-19(15)26(35)21-20(24(12)33)23(32)11-4-3-5-14(37-2)18(11)25(21)34;1-10-22(30)14(28)7-17(37-10)38-16-9-27(35,11(2)29)8-13-19(16)26(34)21-20(24(13)32)23(31)12-5-4-6-15(36-3)18(12)25(21)33/h2*3-5,10,13,15,17,22,29,31,33,35-36H,6-9,28H2,1-2H3;4-6,10,14,16-17,22,30,32,34-35H,7-9,28H2,1-3H3/t10-,13-,15-,17-,22+,27-;10-,13-,15-,17-,22-,27-;10-,14-,16-,17-,22+,27-/m000/s1. The molecule has 18 atom stereocenters. The average Bonchev–Trinajstić information content (AvgIpc) is 0.718. The fourth-order valence-electron chi connectivity index (χ4n) is 17.2. The van der Waals surface area contributed by atoms with Crippen LogP contribution in [0.5, 0.6) is 51.7 Å². The predicted octanol–water partition coefficient (Wildman–Crippen LogP) is 1.03. The Morgan fingerprint density at radius 2 is 0.655 bits per heavy atom. The van der Waals surface area contributed by atoms with Crippen molar-refractivity contribution in [1.82, 2.24) is 0 Å². The van der Waals surface area contributed by atoms with E-state index in [1.54, 1.807) is 20.8 Å². The highest BCUT2D eigenvalue weighted by Gasteiger charge is 2.55. The molecule has 35 nitrogen and oxygen atoms in total. The summed E-state index contributed by atoms with van der Waals surface area (Å²) in [5, 5.41) is 152. The molecule has 3 saturated heterocycles. The highest BCUT2D eigenvalue weighted by molar-refractivity contribution is 6.33. The van der Waals surface area contributed by atoms with Crippen LogP contribution >= 0.6 is 0 Å². The van der Waals surface area contributed by atoms with E-state index in [0.29, 0.717) is 0 Å². The van der Waals surface area contributed by atoms with E-state index in [-0.39, 0.29) is 110 Å². The van der Waals surface area contributed by atoms with Crippen molar-refractivity contribution in [2.75, 3.05) is 34.5 Å². The van der Waals surface area contributed by atoms with Crippen molar-refractivity contribution >= 4 is 52.0 Å². The number of ketones is 9. The summed E-state index contributed by atoms with van der Waals surface area (Å²) in [7, 11) is 3.98. The Balaban J connectivity index is 0.000000151. The molecule has 116 heavy (non-hydrogen) atoms. The van der Waals surface area contributed by atoms with Crippen LogP contribution in [0, 0.1) is 0 Å². The summed E-state index contributed by atoms with van der Waals surface area (Å²) in [5.41, 5.74) is 7.72. The molecule has 3 heterocycles. The largest absolute Gasteiger partial charge is 0.507 e. The highest BCUT2D eigenvalue weighted by atomic mass is 16.7. The first-order valence-corrected chi connectivity index (χ1v) is 37.1. The molecule has 9 aliphatic rings. The Morgan fingerprint density at radius 3 is 0.897 bits per heavy atom. The Kier molecular flexibility index (Phi) is 22.7. The summed E-state index contributed by atoms with van der Waals surface area (Å²) in [6.07, 6.45) is -14.8. The van der Waals surface area contributed by atoms with Crippen molar-refractivity contribution < 1.29 is 157 Å². The van der Waals surface area contributed by atoms with Crippen LogP contribution in [0.3, 0.4) is 0 Å². The SMILES string of the molecule is COc1cccc2c1C(=O)c1c(O)c3c(c(O)c1C2=O)C[C@@](O)(C(=O)CO)C[C@@H]3O[C@H]1C[C@H](N)[C@@H](O)[C@H](C)O1.COc1cccc2c1C(=O)c1c(O)c3c(c(O)c1C2=O)C[C@@](O)(C(=O)CO)C[C@@H]3O[C@H]1C[C@H](N)[C@H](O)[C@H](C)O1.COc1cccc2c1C(=O)c1c(O)c3c(c(O)c1C2=O)C[C@@](O)(C(C)=O)C[C@@H]3O[C@H]1C[C@H](N)[C@H](O)[C@H](C)O1. The van der Waals surface area contributed by atoms with Crippen LogP contribution in [0.25, 0.3) is 0 Å². The molecular formula is C81H87N3O32. The molecule has 3 fully saturated rings. The van der Waals surface area contributed by atoms with Crippen LogP contribution in [-0.4, -0.2) is 249 Å². The second-order valence-electron chi connectivity index (χ2n) is 30.5. The topological polar surface area (TPSA) is 598 Å². The Labute approximate surface area is 659 Å². The zero-order valence-corrected chi connectivity index (χ0v) is 63.5. The minimum Gasteiger partial charge on any atom is -0.507 e. The second kappa shape index (κ2) is 31.4. The first kappa shape index (κ1) is 83.8. The monoisotopic (exact) mass is 1610 g/mol.